The van der Waals surface area contributed by atoms with Gasteiger partial charge >= 0.3 is 0 Å². The number of fused-ring (bicyclic) bond motifs is 9. The number of hydrogen-bond acceptors (Lipinski definition) is 3. The van der Waals surface area contributed by atoms with Gasteiger partial charge in [-0.1, -0.05) is 84.9 Å². The fourth-order valence-corrected chi connectivity index (χ4v) is 6.57. The molecule has 0 unspecified atom stereocenters. The van der Waals surface area contributed by atoms with Gasteiger partial charge < -0.3 is 13.7 Å². The molecular formula is C40H25NO2. The molecule has 2 aromatic heterocycles. The molecular weight excluding hydrogens is 526 g/mol. The molecule has 0 aliphatic heterocycles. The zero-order valence-electron chi connectivity index (χ0n) is 23.2. The molecule has 9 aromatic rings. The van der Waals surface area contributed by atoms with Crippen molar-refractivity contribution >= 4 is 71.7 Å². The summed E-state index contributed by atoms with van der Waals surface area (Å²) in [7, 11) is 0. The molecule has 0 atom stereocenters. The third-order valence-electron chi connectivity index (χ3n) is 8.46. The molecule has 43 heavy (non-hydrogen) atoms. The van der Waals surface area contributed by atoms with Crippen LogP contribution in [-0.4, -0.2) is 0 Å². The Bertz CT molecular complexity index is 2450. The lowest BCUT2D eigenvalue weighted by Gasteiger charge is -2.27. The lowest BCUT2D eigenvalue weighted by Crippen LogP contribution is -2.11. The minimum absolute atomic E-state index is 0.857. The van der Waals surface area contributed by atoms with Crippen LogP contribution in [0.4, 0.5) is 17.1 Å². The second kappa shape index (κ2) is 9.37. The van der Waals surface area contributed by atoms with Gasteiger partial charge in [-0.05, 0) is 77.0 Å². The van der Waals surface area contributed by atoms with Gasteiger partial charge in [0, 0.05) is 44.5 Å². The molecule has 0 saturated heterocycles. The van der Waals surface area contributed by atoms with Crippen molar-refractivity contribution in [2.45, 2.75) is 0 Å². The Labute approximate surface area is 247 Å². The minimum Gasteiger partial charge on any atom is -0.456 e. The molecule has 3 nitrogen and oxygen atoms in total. The Hall–Kier alpha value is -5.80. The fraction of sp³-hybridized carbons (Fsp3) is 0. The van der Waals surface area contributed by atoms with E-state index in [9.17, 15) is 0 Å². The molecule has 0 N–H and O–H groups in total. The number of anilines is 3. The molecule has 0 fully saturated rings. The van der Waals surface area contributed by atoms with Crippen LogP contribution in [0.25, 0.3) is 65.8 Å². The molecule has 0 spiro atoms. The van der Waals surface area contributed by atoms with Crippen molar-refractivity contribution in [1.29, 1.82) is 0 Å². The summed E-state index contributed by atoms with van der Waals surface area (Å²) in [5.41, 5.74) is 9.11. The molecule has 0 radical (unpaired) electrons. The predicted octanol–water partition coefficient (Wildman–Crippen LogP) is 11.8. The van der Waals surface area contributed by atoms with Gasteiger partial charge in [-0.25, -0.2) is 0 Å². The molecule has 0 bridgehead atoms. The van der Waals surface area contributed by atoms with Gasteiger partial charge in [0.25, 0.3) is 0 Å². The molecule has 3 heteroatoms. The first-order chi connectivity index (χ1) is 21.3. The predicted molar refractivity (Wildman–Crippen MR) is 179 cm³/mol. The average molecular weight is 552 g/mol. The summed E-state index contributed by atoms with van der Waals surface area (Å²) in [5, 5.41) is 6.84. The third kappa shape index (κ3) is 3.68. The summed E-state index contributed by atoms with van der Waals surface area (Å²) in [6, 6.07) is 53.0. The van der Waals surface area contributed by atoms with E-state index in [1.54, 1.807) is 0 Å². The van der Waals surface area contributed by atoms with Crippen LogP contribution in [-0.2, 0) is 0 Å². The zero-order chi connectivity index (χ0) is 28.3. The van der Waals surface area contributed by atoms with Crippen molar-refractivity contribution < 1.29 is 8.83 Å². The van der Waals surface area contributed by atoms with Crippen molar-refractivity contribution in [3.63, 3.8) is 0 Å². The van der Waals surface area contributed by atoms with Crippen LogP contribution in [0.2, 0.25) is 0 Å². The van der Waals surface area contributed by atoms with E-state index < -0.39 is 0 Å². The van der Waals surface area contributed by atoms with Crippen LogP contribution >= 0.6 is 0 Å². The van der Waals surface area contributed by atoms with Crippen LogP contribution in [0, 0.1) is 0 Å². The summed E-state index contributed by atoms with van der Waals surface area (Å²) in [6.07, 6.45) is 0. The molecule has 0 aliphatic carbocycles. The summed E-state index contributed by atoms with van der Waals surface area (Å²) in [5.74, 6) is 0. The maximum atomic E-state index is 6.57. The number of furan rings is 2. The van der Waals surface area contributed by atoms with Crippen molar-refractivity contribution in [2.24, 2.45) is 0 Å². The van der Waals surface area contributed by atoms with E-state index >= 15 is 0 Å². The minimum atomic E-state index is 0.857. The highest BCUT2D eigenvalue weighted by Crippen LogP contribution is 2.44. The molecule has 2 heterocycles. The molecule has 0 aliphatic rings. The van der Waals surface area contributed by atoms with Crippen molar-refractivity contribution in [1.82, 2.24) is 0 Å². The fourth-order valence-electron chi connectivity index (χ4n) is 6.57. The number of benzene rings is 7. The number of nitrogens with zero attached hydrogens (tertiary/aromatic N) is 1. The van der Waals surface area contributed by atoms with Crippen LogP contribution in [0.3, 0.4) is 0 Å². The smallest absolute Gasteiger partial charge is 0.137 e. The Morgan fingerprint density at radius 1 is 0.372 bits per heavy atom. The largest absolute Gasteiger partial charge is 0.456 e. The van der Waals surface area contributed by atoms with Gasteiger partial charge in [0.1, 0.15) is 22.3 Å². The lowest BCUT2D eigenvalue weighted by molar-refractivity contribution is 0.668. The first-order valence-electron chi connectivity index (χ1n) is 14.5. The van der Waals surface area contributed by atoms with E-state index in [0.717, 1.165) is 66.3 Å². The summed E-state index contributed by atoms with van der Waals surface area (Å²) >= 11 is 0. The quantitative estimate of drug-likeness (QED) is 0.218. The van der Waals surface area contributed by atoms with Gasteiger partial charge in [0.05, 0.1) is 5.69 Å². The van der Waals surface area contributed by atoms with Crippen LogP contribution in [0.15, 0.2) is 160 Å². The highest BCUT2D eigenvalue weighted by Gasteiger charge is 2.20. The van der Waals surface area contributed by atoms with Crippen LogP contribution < -0.4 is 4.90 Å². The summed E-state index contributed by atoms with van der Waals surface area (Å²) in [4.78, 5) is 2.31. The summed E-state index contributed by atoms with van der Waals surface area (Å²) in [6.45, 7) is 0. The highest BCUT2D eigenvalue weighted by molar-refractivity contribution is 6.27. The zero-order valence-corrected chi connectivity index (χ0v) is 23.2. The van der Waals surface area contributed by atoms with Gasteiger partial charge in [0.2, 0.25) is 0 Å². The SMILES string of the molecule is c1ccc(-c2ccccc2N(c2ccccc2)c2ccc3c(c2)oc2ccc4c(ccc5oc6ccccc6c54)c23)cc1. The topological polar surface area (TPSA) is 29.5 Å². The Morgan fingerprint density at radius 2 is 0.953 bits per heavy atom. The number of hydrogen-bond donors (Lipinski definition) is 0. The maximum absolute atomic E-state index is 6.57. The second-order valence-electron chi connectivity index (χ2n) is 10.9. The monoisotopic (exact) mass is 551 g/mol. The Balaban J connectivity index is 1.28. The Morgan fingerprint density at radius 3 is 1.72 bits per heavy atom. The van der Waals surface area contributed by atoms with E-state index in [4.69, 9.17) is 8.83 Å². The standard InChI is InChI=1S/C40H25NO2/c1-3-11-26(12-4-1)29-15-7-9-17-34(29)41(27-13-5-2-6-14-27)28-19-20-33-38(25-28)43-37-24-22-30-31(40(33)37)21-23-36-39(30)32-16-8-10-18-35(32)42-36/h1-25H. The van der Waals surface area contributed by atoms with Gasteiger partial charge in [-0.3, -0.25) is 0 Å². The summed E-state index contributed by atoms with van der Waals surface area (Å²) < 4.78 is 12.7. The van der Waals surface area contributed by atoms with Crippen molar-refractivity contribution in [2.75, 3.05) is 4.90 Å². The van der Waals surface area contributed by atoms with Crippen LogP contribution in [0.5, 0.6) is 0 Å². The van der Waals surface area contributed by atoms with Crippen molar-refractivity contribution in [3.05, 3.63) is 152 Å². The first-order valence-corrected chi connectivity index (χ1v) is 14.5. The van der Waals surface area contributed by atoms with Crippen molar-refractivity contribution in [3.8, 4) is 11.1 Å². The third-order valence-corrected chi connectivity index (χ3v) is 8.46. The molecule has 7 aromatic carbocycles. The van der Waals surface area contributed by atoms with E-state index in [1.165, 1.54) is 16.5 Å². The molecule has 202 valence electrons. The lowest BCUT2D eigenvalue weighted by atomic mass is 9.99. The first kappa shape index (κ1) is 23.9. The van der Waals surface area contributed by atoms with Gasteiger partial charge in [-0.2, -0.15) is 0 Å². The van der Waals surface area contributed by atoms with Gasteiger partial charge in [-0.15, -0.1) is 0 Å². The molecule has 0 amide bonds. The highest BCUT2D eigenvalue weighted by atomic mass is 16.3. The second-order valence-corrected chi connectivity index (χ2v) is 10.9. The molecule has 9 rings (SSSR count). The number of rotatable bonds is 4. The van der Waals surface area contributed by atoms with Crippen LogP contribution in [0.1, 0.15) is 0 Å². The Kier molecular flexibility index (Phi) is 5.20. The maximum Gasteiger partial charge on any atom is 0.137 e. The van der Waals surface area contributed by atoms with E-state index in [1.807, 2.05) is 12.1 Å². The number of para-hydroxylation sites is 3. The normalized spacial score (nSPS) is 11.7. The van der Waals surface area contributed by atoms with E-state index in [0.29, 0.717) is 0 Å². The van der Waals surface area contributed by atoms with Gasteiger partial charge in [0.15, 0.2) is 0 Å². The van der Waals surface area contributed by atoms with E-state index in [2.05, 4.69) is 144 Å². The molecule has 0 saturated carbocycles. The van der Waals surface area contributed by atoms with E-state index in [-0.39, 0.29) is 0 Å². The average Bonchev–Trinajstić information content (AvgIpc) is 3.64.